The Labute approximate surface area is 108 Å². The van der Waals surface area contributed by atoms with E-state index < -0.39 is 5.60 Å². The van der Waals surface area contributed by atoms with E-state index in [1.165, 1.54) is 5.56 Å². The summed E-state index contributed by atoms with van der Waals surface area (Å²) in [6.07, 6.45) is 2.59. The van der Waals surface area contributed by atoms with Crippen LogP contribution in [-0.2, 0) is 12.0 Å². The molecule has 1 aromatic carbocycles. The van der Waals surface area contributed by atoms with Crippen LogP contribution in [0.1, 0.15) is 30.9 Å². The van der Waals surface area contributed by atoms with Crippen LogP contribution < -0.4 is 4.74 Å². The van der Waals surface area contributed by atoms with Crippen molar-refractivity contribution >= 4 is 0 Å². The van der Waals surface area contributed by atoms with Crippen LogP contribution in [0.4, 0.5) is 0 Å². The molecule has 3 rings (SSSR count). The predicted octanol–water partition coefficient (Wildman–Crippen LogP) is 1.92. The lowest BCUT2D eigenvalue weighted by atomic mass is 9.81. The van der Waals surface area contributed by atoms with Gasteiger partial charge in [-0.15, -0.1) is 0 Å². The number of benzene rings is 1. The van der Waals surface area contributed by atoms with Crippen LogP contribution in [-0.4, -0.2) is 36.2 Å². The summed E-state index contributed by atoms with van der Waals surface area (Å²) in [5.74, 6) is 0.989. The highest BCUT2D eigenvalue weighted by Crippen LogP contribution is 2.38. The van der Waals surface area contributed by atoms with Crippen molar-refractivity contribution in [1.29, 1.82) is 0 Å². The van der Waals surface area contributed by atoms with Gasteiger partial charge in [0, 0.05) is 19.0 Å². The molecule has 18 heavy (non-hydrogen) atoms. The Bertz CT molecular complexity index is 460. The summed E-state index contributed by atoms with van der Waals surface area (Å²) in [5.41, 5.74) is 1.64. The fourth-order valence-corrected chi connectivity index (χ4v) is 3.07. The van der Waals surface area contributed by atoms with Gasteiger partial charge >= 0.3 is 0 Å². The standard InChI is InChI=1S/C15H21NO2/c1-11-10-15(17,6-7-16(11)2)13-3-4-14-12(9-13)5-8-18-14/h3-4,9,11,17H,5-8,10H2,1-2H3. The summed E-state index contributed by atoms with van der Waals surface area (Å²) in [6.45, 7) is 3.90. The molecule has 2 atom stereocenters. The lowest BCUT2D eigenvalue weighted by Gasteiger charge is -2.41. The molecule has 0 aromatic heterocycles. The molecule has 3 nitrogen and oxygen atoms in total. The van der Waals surface area contributed by atoms with E-state index in [1.54, 1.807) is 0 Å². The Morgan fingerprint density at radius 3 is 3.06 bits per heavy atom. The van der Waals surface area contributed by atoms with Crippen molar-refractivity contribution in [3.8, 4) is 5.75 Å². The highest BCUT2D eigenvalue weighted by Gasteiger charge is 2.37. The molecule has 0 saturated carbocycles. The molecule has 2 aliphatic heterocycles. The van der Waals surface area contributed by atoms with E-state index >= 15 is 0 Å². The molecular weight excluding hydrogens is 226 g/mol. The molecular formula is C15H21NO2. The van der Waals surface area contributed by atoms with Crippen LogP contribution in [0.3, 0.4) is 0 Å². The van der Waals surface area contributed by atoms with Gasteiger partial charge in [0.25, 0.3) is 0 Å². The van der Waals surface area contributed by atoms with Gasteiger partial charge in [0.2, 0.25) is 0 Å². The first kappa shape index (κ1) is 12.0. The van der Waals surface area contributed by atoms with Crippen LogP contribution in [0, 0.1) is 0 Å². The summed E-state index contributed by atoms with van der Waals surface area (Å²) >= 11 is 0. The van der Waals surface area contributed by atoms with Gasteiger partial charge < -0.3 is 14.7 Å². The summed E-state index contributed by atoms with van der Waals surface area (Å²) < 4.78 is 5.52. The van der Waals surface area contributed by atoms with Gasteiger partial charge in [-0.3, -0.25) is 0 Å². The third-order valence-corrected chi connectivity index (χ3v) is 4.49. The minimum atomic E-state index is -0.663. The zero-order chi connectivity index (χ0) is 12.8. The third kappa shape index (κ3) is 1.91. The largest absolute Gasteiger partial charge is 0.493 e. The van der Waals surface area contributed by atoms with Crippen LogP contribution in [0.25, 0.3) is 0 Å². The monoisotopic (exact) mass is 247 g/mol. The maximum atomic E-state index is 10.9. The molecule has 0 radical (unpaired) electrons. The molecule has 3 heteroatoms. The predicted molar refractivity (Wildman–Crippen MR) is 70.9 cm³/mol. The summed E-state index contributed by atoms with van der Waals surface area (Å²) in [7, 11) is 2.13. The maximum Gasteiger partial charge on any atom is 0.122 e. The summed E-state index contributed by atoms with van der Waals surface area (Å²) in [4.78, 5) is 2.31. The second-order valence-corrected chi connectivity index (χ2v) is 5.74. The lowest BCUT2D eigenvalue weighted by Crippen LogP contribution is -2.45. The van der Waals surface area contributed by atoms with Crippen LogP contribution >= 0.6 is 0 Å². The minimum absolute atomic E-state index is 0.424. The van der Waals surface area contributed by atoms with Crippen LogP contribution in [0.5, 0.6) is 5.75 Å². The average molecular weight is 247 g/mol. The van der Waals surface area contributed by atoms with Gasteiger partial charge in [-0.25, -0.2) is 0 Å². The molecule has 0 bridgehead atoms. The highest BCUT2D eigenvalue weighted by molar-refractivity contribution is 5.41. The molecule has 2 aliphatic rings. The van der Waals surface area contributed by atoms with Crippen molar-refractivity contribution in [1.82, 2.24) is 4.90 Å². The zero-order valence-electron chi connectivity index (χ0n) is 11.1. The Kier molecular flexibility index (Phi) is 2.83. The van der Waals surface area contributed by atoms with Gasteiger partial charge in [-0.2, -0.15) is 0 Å². The first-order valence-corrected chi connectivity index (χ1v) is 6.77. The first-order chi connectivity index (χ1) is 8.58. The second kappa shape index (κ2) is 4.25. The molecule has 1 saturated heterocycles. The number of ether oxygens (including phenoxy) is 1. The van der Waals surface area contributed by atoms with Crippen molar-refractivity contribution in [2.45, 2.75) is 37.8 Å². The van der Waals surface area contributed by atoms with Crippen molar-refractivity contribution in [3.05, 3.63) is 29.3 Å². The van der Waals surface area contributed by atoms with Crippen molar-refractivity contribution < 1.29 is 9.84 Å². The quantitative estimate of drug-likeness (QED) is 0.823. The van der Waals surface area contributed by atoms with Crippen molar-refractivity contribution in [2.24, 2.45) is 0 Å². The first-order valence-electron chi connectivity index (χ1n) is 6.77. The lowest BCUT2D eigenvalue weighted by molar-refractivity contribution is -0.0408. The van der Waals surface area contributed by atoms with E-state index in [2.05, 4.69) is 24.9 Å². The number of rotatable bonds is 1. The molecule has 1 N–H and O–H groups in total. The van der Waals surface area contributed by atoms with Crippen molar-refractivity contribution in [3.63, 3.8) is 0 Å². The smallest absolute Gasteiger partial charge is 0.122 e. The Morgan fingerprint density at radius 1 is 1.44 bits per heavy atom. The molecule has 0 aliphatic carbocycles. The molecule has 0 spiro atoms. The Hall–Kier alpha value is -1.06. The summed E-state index contributed by atoms with van der Waals surface area (Å²) in [5, 5.41) is 10.9. The normalized spacial score (nSPS) is 32.1. The van der Waals surface area contributed by atoms with Gasteiger partial charge in [-0.05, 0) is 50.1 Å². The number of hydrogen-bond acceptors (Lipinski definition) is 3. The number of aliphatic hydroxyl groups is 1. The third-order valence-electron chi connectivity index (χ3n) is 4.49. The second-order valence-electron chi connectivity index (χ2n) is 5.74. The molecule has 2 heterocycles. The average Bonchev–Trinajstić information content (AvgIpc) is 2.81. The van der Waals surface area contributed by atoms with Gasteiger partial charge in [0.05, 0.1) is 12.2 Å². The van der Waals surface area contributed by atoms with Gasteiger partial charge in [0.15, 0.2) is 0 Å². The molecule has 1 aromatic rings. The maximum absolute atomic E-state index is 10.9. The molecule has 0 amide bonds. The van der Waals surface area contributed by atoms with E-state index in [9.17, 15) is 5.11 Å². The topological polar surface area (TPSA) is 32.7 Å². The van der Waals surface area contributed by atoms with E-state index in [0.717, 1.165) is 43.7 Å². The number of hydrogen-bond donors (Lipinski definition) is 1. The Balaban J connectivity index is 1.89. The van der Waals surface area contributed by atoms with Gasteiger partial charge in [0.1, 0.15) is 5.75 Å². The van der Waals surface area contributed by atoms with Crippen LogP contribution in [0.2, 0.25) is 0 Å². The van der Waals surface area contributed by atoms with Gasteiger partial charge in [-0.1, -0.05) is 6.07 Å². The van der Waals surface area contributed by atoms with Crippen LogP contribution in [0.15, 0.2) is 18.2 Å². The SMILES string of the molecule is CC1CC(O)(c2ccc3c(c2)CCO3)CCN1C. The summed E-state index contributed by atoms with van der Waals surface area (Å²) in [6, 6.07) is 6.61. The number of fused-ring (bicyclic) bond motifs is 1. The van der Waals surface area contributed by atoms with E-state index in [4.69, 9.17) is 4.74 Å². The number of nitrogens with zero attached hydrogens (tertiary/aromatic N) is 1. The fourth-order valence-electron chi connectivity index (χ4n) is 3.07. The van der Waals surface area contributed by atoms with E-state index in [1.807, 2.05) is 12.1 Å². The molecule has 2 unspecified atom stereocenters. The Morgan fingerprint density at radius 2 is 2.28 bits per heavy atom. The molecule has 98 valence electrons. The number of piperidine rings is 1. The molecule has 1 fully saturated rings. The highest BCUT2D eigenvalue weighted by atomic mass is 16.5. The minimum Gasteiger partial charge on any atom is -0.493 e. The van der Waals surface area contributed by atoms with E-state index in [0.29, 0.717) is 6.04 Å². The van der Waals surface area contributed by atoms with Crippen molar-refractivity contribution in [2.75, 3.05) is 20.2 Å². The number of likely N-dealkylation sites (tertiary alicyclic amines) is 1. The zero-order valence-corrected chi connectivity index (χ0v) is 11.1. The van der Waals surface area contributed by atoms with E-state index in [-0.39, 0.29) is 0 Å². The fraction of sp³-hybridized carbons (Fsp3) is 0.600.